The van der Waals surface area contributed by atoms with Gasteiger partial charge in [-0.1, -0.05) is 25.9 Å². The maximum atomic E-state index is 11.7. The van der Waals surface area contributed by atoms with Crippen molar-refractivity contribution >= 4 is 11.9 Å². The van der Waals surface area contributed by atoms with Crippen LogP contribution in [0.1, 0.15) is 45.3 Å². The van der Waals surface area contributed by atoms with Crippen LogP contribution in [0.3, 0.4) is 0 Å². The van der Waals surface area contributed by atoms with Gasteiger partial charge in [0.1, 0.15) is 6.04 Å². The summed E-state index contributed by atoms with van der Waals surface area (Å²) in [5.74, 6) is -0.498. The van der Waals surface area contributed by atoms with Crippen LogP contribution in [0.25, 0.3) is 0 Å². The lowest BCUT2D eigenvalue weighted by Gasteiger charge is -2.17. The Morgan fingerprint density at radius 3 is 2.60 bits per heavy atom. The molecule has 1 amide bonds. The summed E-state index contributed by atoms with van der Waals surface area (Å²) in [5, 5.41) is 15.3. The second-order valence-corrected chi connectivity index (χ2v) is 4.98. The second-order valence-electron chi connectivity index (χ2n) is 4.98. The molecule has 1 aromatic heterocycles. The van der Waals surface area contributed by atoms with Gasteiger partial charge in [-0.3, -0.25) is 4.79 Å². The van der Waals surface area contributed by atoms with E-state index in [9.17, 15) is 9.59 Å². The number of rotatable bonds is 8. The van der Waals surface area contributed by atoms with Gasteiger partial charge >= 0.3 is 5.97 Å². The van der Waals surface area contributed by atoms with Gasteiger partial charge in [-0.05, 0) is 12.3 Å². The summed E-state index contributed by atoms with van der Waals surface area (Å²) in [4.78, 5) is 26.8. The normalized spacial score (nSPS) is 12.4. The van der Waals surface area contributed by atoms with Crippen molar-refractivity contribution in [2.45, 2.75) is 52.5 Å². The predicted molar refractivity (Wildman–Crippen MR) is 71.0 cm³/mol. The first-order chi connectivity index (χ1) is 9.43. The lowest BCUT2D eigenvalue weighted by atomic mass is 10.0. The minimum atomic E-state index is -1.03. The number of aryl methyl sites for hydroxylation is 2. The number of nitrogens with one attached hydrogen (secondary N) is 1. The number of aromatic nitrogens is 2. The molecule has 0 saturated heterocycles. The molecule has 112 valence electrons. The summed E-state index contributed by atoms with van der Waals surface area (Å²) in [7, 11) is 0. The second kappa shape index (κ2) is 7.62. The largest absolute Gasteiger partial charge is 0.480 e. The van der Waals surface area contributed by atoms with E-state index in [4.69, 9.17) is 9.63 Å². The van der Waals surface area contributed by atoms with E-state index >= 15 is 0 Å². The number of carboxylic acids is 1. The van der Waals surface area contributed by atoms with E-state index in [-0.39, 0.29) is 18.2 Å². The van der Waals surface area contributed by atoms with Crippen LogP contribution in [0.5, 0.6) is 0 Å². The number of carbonyl (C=O) groups excluding carboxylic acids is 1. The lowest BCUT2D eigenvalue weighted by molar-refractivity contribution is -0.143. The van der Waals surface area contributed by atoms with Crippen molar-refractivity contribution in [3.8, 4) is 0 Å². The SMILES string of the molecule is CCCc1noc(CCC(=O)N[C@@H](C(=O)O)C(C)C)n1. The third kappa shape index (κ3) is 4.99. The molecule has 0 aromatic carbocycles. The Bertz CT molecular complexity index is 456. The van der Waals surface area contributed by atoms with Gasteiger partial charge in [0.05, 0.1) is 0 Å². The van der Waals surface area contributed by atoms with Gasteiger partial charge in [-0.2, -0.15) is 4.98 Å². The monoisotopic (exact) mass is 283 g/mol. The first-order valence-electron chi connectivity index (χ1n) is 6.77. The van der Waals surface area contributed by atoms with E-state index < -0.39 is 12.0 Å². The third-order valence-corrected chi connectivity index (χ3v) is 2.80. The van der Waals surface area contributed by atoms with Crippen LogP contribution in [0.15, 0.2) is 4.52 Å². The Balaban J connectivity index is 2.44. The van der Waals surface area contributed by atoms with Crippen LogP contribution in [0.2, 0.25) is 0 Å². The van der Waals surface area contributed by atoms with E-state index in [0.717, 1.165) is 12.8 Å². The van der Waals surface area contributed by atoms with Gasteiger partial charge in [0.15, 0.2) is 5.82 Å². The molecule has 1 atom stereocenters. The Morgan fingerprint density at radius 1 is 1.35 bits per heavy atom. The molecule has 0 unspecified atom stereocenters. The van der Waals surface area contributed by atoms with Crippen molar-refractivity contribution in [1.82, 2.24) is 15.5 Å². The number of amides is 1. The predicted octanol–water partition coefficient (Wildman–Crippen LogP) is 1.18. The van der Waals surface area contributed by atoms with Crippen molar-refractivity contribution in [2.24, 2.45) is 5.92 Å². The zero-order valence-corrected chi connectivity index (χ0v) is 12.0. The van der Waals surface area contributed by atoms with Crippen molar-refractivity contribution in [3.63, 3.8) is 0 Å². The number of carbonyl (C=O) groups is 2. The Morgan fingerprint density at radius 2 is 2.05 bits per heavy atom. The maximum Gasteiger partial charge on any atom is 0.326 e. The number of hydrogen-bond donors (Lipinski definition) is 2. The van der Waals surface area contributed by atoms with E-state index in [1.807, 2.05) is 6.92 Å². The number of nitrogens with zero attached hydrogens (tertiary/aromatic N) is 2. The summed E-state index contributed by atoms with van der Waals surface area (Å²) in [6.45, 7) is 5.50. The van der Waals surface area contributed by atoms with E-state index in [1.54, 1.807) is 13.8 Å². The minimum absolute atomic E-state index is 0.129. The molecule has 7 heteroatoms. The molecule has 7 nitrogen and oxygen atoms in total. The van der Waals surface area contributed by atoms with Crippen LogP contribution in [0.4, 0.5) is 0 Å². The number of carboxylic acid groups (broad SMARTS) is 1. The maximum absolute atomic E-state index is 11.7. The molecule has 0 fully saturated rings. The van der Waals surface area contributed by atoms with Crippen molar-refractivity contribution in [3.05, 3.63) is 11.7 Å². The van der Waals surface area contributed by atoms with Crippen LogP contribution in [-0.2, 0) is 22.4 Å². The molecule has 0 bridgehead atoms. The molecule has 0 aliphatic rings. The molecule has 0 saturated carbocycles. The Hall–Kier alpha value is -1.92. The summed E-state index contributed by atoms with van der Waals surface area (Å²) in [5.41, 5.74) is 0. The summed E-state index contributed by atoms with van der Waals surface area (Å²) in [6, 6.07) is -0.874. The van der Waals surface area contributed by atoms with Gasteiger partial charge in [0, 0.05) is 19.3 Å². The highest BCUT2D eigenvalue weighted by Crippen LogP contribution is 2.05. The quantitative estimate of drug-likeness (QED) is 0.742. The molecule has 0 aliphatic heterocycles. The minimum Gasteiger partial charge on any atom is -0.480 e. The molecular formula is C13H21N3O4. The average Bonchev–Trinajstić information content (AvgIpc) is 2.81. The average molecular weight is 283 g/mol. The highest BCUT2D eigenvalue weighted by Gasteiger charge is 2.23. The molecule has 0 radical (unpaired) electrons. The van der Waals surface area contributed by atoms with Crippen molar-refractivity contribution in [2.75, 3.05) is 0 Å². The van der Waals surface area contributed by atoms with Crippen LogP contribution in [0, 0.1) is 5.92 Å². The molecule has 1 aromatic rings. The van der Waals surface area contributed by atoms with Gasteiger partial charge in [0.2, 0.25) is 11.8 Å². The lowest BCUT2D eigenvalue weighted by Crippen LogP contribution is -2.44. The zero-order chi connectivity index (χ0) is 15.1. The number of aliphatic carboxylic acids is 1. The molecular weight excluding hydrogens is 262 g/mol. The van der Waals surface area contributed by atoms with E-state index in [2.05, 4.69) is 15.5 Å². The number of hydrogen-bond acceptors (Lipinski definition) is 5. The van der Waals surface area contributed by atoms with Gasteiger partial charge in [0.25, 0.3) is 0 Å². The molecule has 0 spiro atoms. The fraction of sp³-hybridized carbons (Fsp3) is 0.692. The summed E-state index contributed by atoms with van der Waals surface area (Å²) >= 11 is 0. The molecule has 2 N–H and O–H groups in total. The van der Waals surface area contributed by atoms with Crippen molar-refractivity contribution in [1.29, 1.82) is 0 Å². The van der Waals surface area contributed by atoms with E-state index in [1.165, 1.54) is 0 Å². The first kappa shape index (κ1) is 16.1. The summed E-state index contributed by atoms with van der Waals surface area (Å²) in [6.07, 6.45) is 2.11. The van der Waals surface area contributed by atoms with Gasteiger partial charge in [-0.25, -0.2) is 4.79 Å². The van der Waals surface area contributed by atoms with Gasteiger partial charge < -0.3 is 14.9 Å². The topological polar surface area (TPSA) is 105 Å². The fourth-order valence-electron chi connectivity index (χ4n) is 1.70. The molecule has 0 aliphatic carbocycles. The van der Waals surface area contributed by atoms with Crippen LogP contribution < -0.4 is 5.32 Å². The summed E-state index contributed by atoms with van der Waals surface area (Å²) < 4.78 is 5.01. The van der Waals surface area contributed by atoms with Gasteiger partial charge in [-0.15, -0.1) is 0 Å². The third-order valence-electron chi connectivity index (χ3n) is 2.80. The first-order valence-corrected chi connectivity index (χ1v) is 6.77. The van der Waals surface area contributed by atoms with E-state index in [0.29, 0.717) is 18.1 Å². The Labute approximate surface area is 117 Å². The van der Waals surface area contributed by atoms with Crippen LogP contribution in [-0.4, -0.2) is 33.2 Å². The molecule has 1 rings (SSSR count). The molecule has 1 heterocycles. The highest BCUT2D eigenvalue weighted by atomic mass is 16.5. The standard InChI is InChI=1S/C13H21N3O4/c1-4-5-9-14-11(20-16-9)7-6-10(17)15-12(8(2)3)13(18)19/h8,12H,4-7H2,1-3H3,(H,15,17)(H,18,19)/t12-/m1/s1. The molecule has 20 heavy (non-hydrogen) atoms. The fourth-order valence-corrected chi connectivity index (χ4v) is 1.70. The van der Waals surface area contributed by atoms with Crippen molar-refractivity contribution < 1.29 is 19.2 Å². The Kier molecular flexibility index (Phi) is 6.14. The zero-order valence-electron chi connectivity index (χ0n) is 12.0. The highest BCUT2D eigenvalue weighted by molar-refractivity contribution is 5.83. The smallest absolute Gasteiger partial charge is 0.326 e. The van der Waals surface area contributed by atoms with Crippen LogP contribution >= 0.6 is 0 Å².